The number of hydrogen-bond acceptors (Lipinski definition) is 6. The van der Waals surface area contributed by atoms with Gasteiger partial charge in [-0.2, -0.15) is 4.31 Å². The van der Waals surface area contributed by atoms with Gasteiger partial charge in [-0.25, -0.2) is 13.2 Å². The number of nitrogens with one attached hydrogen (secondary N) is 1. The lowest BCUT2D eigenvalue weighted by atomic mass is 9.97. The molecular weight excluding hydrogens is 491 g/mol. The largest absolute Gasteiger partial charge is 0.508 e. The number of aromatic hydroxyl groups is 1. The van der Waals surface area contributed by atoms with Crippen LogP contribution in [0.1, 0.15) is 25.3 Å². The SMILES string of the molecule is COC(=O)[C@H](Cc1ccc(O)cc1)NC(=O)[C@]1(C)CCCN1S(=O)(=O)c1cc(Cl)cc(Cl)c1. The minimum atomic E-state index is -4.10. The summed E-state index contributed by atoms with van der Waals surface area (Å²) in [5, 5.41) is 12.4. The van der Waals surface area contributed by atoms with Crippen molar-refractivity contribution in [2.45, 2.75) is 42.7 Å². The fourth-order valence-corrected chi connectivity index (χ4v) is 6.41. The summed E-state index contributed by atoms with van der Waals surface area (Å²) in [5.74, 6) is -1.22. The van der Waals surface area contributed by atoms with Crippen LogP contribution in [0, 0.1) is 0 Å². The van der Waals surface area contributed by atoms with Gasteiger partial charge < -0.3 is 15.2 Å². The van der Waals surface area contributed by atoms with Gasteiger partial charge in [-0.15, -0.1) is 0 Å². The Balaban J connectivity index is 1.88. The molecule has 1 saturated heterocycles. The third kappa shape index (κ3) is 5.43. The van der Waals surface area contributed by atoms with Gasteiger partial charge in [-0.3, -0.25) is 4.79 Å². The average molecular weight is 515 g/mol. The number of sulfonamides is 1. The molecule has 0 bridgehead atoms. The van der Waals surface area contributed by atoms with E-state index in [4.69, 9.17) is 27.9 Å². The number of methoxy groups -OCH3 is 1. The van der Waals surface area contributed by atoms with E-state index >= 15 is 0 Å². The Morgan fingerprint density at radius 1 is 1.18 bits per heavy atom. The van der Waals surface area contributed by atoms with E-state index < -0.39 is 33.5 Å². The molecule has 1 aliphatic heterocycles. The molecule has 8 nitrogen and oxygen atoms in total. The van der Waals surface area contributed by atoms with Gasteiger partial charge in [0.2, 0.25) is 15.9 Å². The fraction of sp³-hybridized carbons (Fsp3) is 0.364. The highest BCUT2D eigenvalue weighted by atomic mass is 35.5. The minimum Gasteiger partial charge on any atom is -0.508 e. The number of halogens is 2. The van der Waals surface area contributed by atoms with E-state index in [0.717, 1.165) is 4.31 Å². The van der Waals surface area contributed by atoms with Crippen LogP contribution in [-0.2, 0) is 30.8 Å². The van der Waals surface area contributed by atoms with E-state index in [0.29, 0.717) is 12.0 Å². The van der Waals surface area contributed by atoms with Gasteiger partial charge in [0, 0.05) is 23.0 Å². The quantitative estimate of drug-likeness (QED) is 0.548. The Hall–Kier alpha value is -2.33. The van der Waals surface area contributed by atoms with Crippen molar-refractivity contribution >= 4 is 45.1 Å². The summed E-state index contributed by atoms with van der Waals surface area (Å²) in [6.07, 6.45) is 0.823. The molecule has 1 heterocycles. The van der Waals surface area contributed by atoms with E-state index in [2.05, 4.69) is 5.32 Å². The van der Waals surface area contributed by atoms with Crippen molar-refractivity contribution in [2.75, 3.05) is 13.7 Å². The van der Waals surface area contributed by atoms with Crippen LogP contribution < -0.4 is 5.32 Å². The van der Waals surface area contributed by atoms with Crippen LogP contribution in [0.3, 0.4) is 0 Å². The summed E-state index contributed by atoms with van der Waals surface area (Å²) in [6.45, 7) is 1.64. The molecule has 0 unspecified atom stereocenters. The van der Waals surface area contributed by atoms with Crippen LogP contribution in [0.5, 0.6) is 5.75 Å². The van der Waals surface area contributed by atoms with Crippen molar-refractivity contribution in [2.24, 2.45) is 0 Å². The number of esters is 1. The number of phenolic OH excluding ortho intramolecular Hbond substituents is 1. The maximum absolute atomic E-state index is 13.4. The van der Waals surface area contributed by atoms with Crippen LogP contribution in [0.25, 0.3) is 0 Å². The highest BCUT2D eigenvalue weighted by Gasteiger charge is 2.50. The lowest BCUT2D eigenvalue weighted by molar-refractivity contribution is -0.146. The number of benzene rings is 2. The van der Waals surface area contributed by atoms with Crippen LogP contribution in [-0.4, -0.2) is 54.9 Å². The zero-order chi connectivity index (χ0) is 24.4. The van der Waals surface area contributed by atoms with E-state index in [-0.39, 0.29) is 40.1 Å². The molecule has 1 amide bonds. The van der Waals surface area contributed by atoms with E-state index in [9.17, 15) is 23.1 Å². The van der Waals surface area contributed by atoms with E-state index in [1.165, 1.54) is 44.4 Å². The summed E-state index contributed by atoms with van der Waals surface area (Å²) in [6, 6.07) is 9.10. The minimum absolute atomic E-state index is 0.0674. The van der Waals surface area contributed by atoms with Crippen molar-refractivity contribution in [1.29, 1.82) is 0 Å². The van der Waals surface area contributed by atoms with Crippen LogP contribution >= 0.6 is 23.2 Å². The molecular formula is C22H24Cl2N2O6S. The summed E-state index contributed by atoms with van der Waals surface area (Å²) in [4.78, 5) is 25.6. The van der Waals surface area contributed by atoms with Gasteiger partial charge in [-0.1, -0.05) is 35.3 Å². The predicted molar refractivity (Wildman–Crippen MR) is 124 cm³/mol. The molecule has 2 N–H and O–H groups in total. The Kier molecular flexibility index (Phi) is 7.58. The number of phenols is 1. The smallest absolute Gasteiger partial charge is 0.328 e. The Morgan fingerprint density at radius 2 is 1.79 bits per heavy atom. The molecule has 0 aliphatic carbocycles. The molecule has 33 heavy (non-hydrogen) atoms. The summed E-state index contributed by atoms with van der Waals surface area (Å²) in [5.41, 5.74) is -0.757. The topological polar surface area (TPSA) is 113 Å². The standard InChI is InChI=1S/C22H24Cl2N2O6S/c1-22(8-3-9-26(22)33(30,31)18-12-15(23)11-16(24)13-18)21(29)25-19(20(28)32-2)10-14-4-6-17(27)7-5-14/h4-7,11-13,19,27H,3,8-10H2,1-2H3,(H,25,29)/t19-,22-/m0/s1. The molecule has 3 rings (SSSR count). The van der Waals surface area contributed by atoms with Gasteiger partial charge in [0.1, 0.15) is 17.3 Å². The van der Waals surface area contributed by atoms with Crippen molar-refractivity contribution in [1.82, 2.24) is 9.62 Å². The van der Waals surface area contributed by atoms with Gasteiger partial charge in [-0.05, 0) is 55.7 Å². The van der Waals surface area contributed by atoms with Gasteiger partial charge in [0.05, 0.1) is 12.0 Å². The zero-order valence-corrected chi connectivity index (χ0v) is 20.4. The highest BCUT2D eigenvalue weighted by Crippen LogP contribution is 2.36. The second kappa shape index (κ2) is 9.89. The molecule has 11 heteroatoms. The molecule has 2 aromatic carbocycles. The van der Waals surface area contributed by atoms with Crippen molar-refractivity contribution in [3.63, 3.8) is 0 Å². The molecule has 0 saturated carbocycles. The number of ether oxygens (including phenoxy) is 1. The summed E-state index contributed by atoms with van der Waals surface area (Å²) >= 11 is 12.0. The monoisotopic (exact) mass is 514 g/mol. The molecule has 0 radical (unpaired) electrons. The van der Waals surface area contributed by atoms with Crippen LogP contribution in [0.2, 0.25) is 10.0 Å². The molecule has 1 fully saturated rings. The lowest BCUT2D eigenvalue weighted by Gasteiger charge is -2.34. The number of hydrogen-bond donors (Lipinski definition) is 2. The normalized spacial score (nSPS) is 19.8. The second-order valence-electron chi connectivity index (χ2n) is 7.98. The van der Waals surface area contributed by atoms with Crippen molar-refractivity contribution < 1.29 is 27.9 Å². The Bertz CT molecular complexity index is 1140. The Morgan fingerprint density at radius 3 is 2.36 bits per heavy atom. The Labute approximate surface area is 202 Å². The number of carbonyl (C=O) groups excluding carboxylic acids is 2. The van der Waals surface area contributed by atoms with Crippen molar-refractivity contribution in [3.8, 4) is 5.75 Å². The fourth-order valence-electron chi connectivity index (χ4n) is 3.87. The van der Waals surface area contributed by atoms with Crippen LogP contribution in [0.15, 0.2) is 47.4 Å². The molecule has 1 aliphatic rings. The first kappa shape index (κ1) is 25.3. The third-order valence-electron chi connectivity index (χ3n) is 5.66. The molecule has 0 spiro atoms. The first-order chi connectivity index (χ1) is 15.5. The van der Waals surface area contributed by atoms with E-state index in [1.807, 2.05) is 0 Å². The van der Waals surface area contributed by atoms with Gasteiger partial charge in [0.25, 0.3) is 0 Å². The maximum Gasteiger partial charge on any atom is 0.328 e. The molecule has 2 atom stereocenters. The first-order valence-corrected chi connectivity index (χ1v) is 12.3. The second-order valence-corrected chi connectivity index (χ2v) is 10.7. The van der Waals surface area contributed by atoms with Gasteiger partial charge in [0.15, 0.2) is 0 Å². The van der Waals surface area contributed by atoms with Gasteiger partial charge >= 0.3 is 5.97 Å². The summed E-state index contributed by atoms with van der Waals surface area (Å²) < 4.78 is 32.7. The molecule has 0 aromatic heterocycles. The van der Waals surface area contributed by atoms with E-state index in [1.54, 1.807) is 12.1 Å². The number of nitrogens with zero attached hydrogens (tertiary/aromatic N) is 1. The first-order valence-electron chi connectivity index (χ1n) is 10.1. The number of rotatable bonds is 7. The third-order valence-corrected chi connectivity index (χ3v) is 8.09. The van der Waals surface area contributed by atoms with Crippen LogP contribution in [0.4, 0.5) is 0 Å². The predicted octanol–water partition coefficient (Wildman–Crippen LogP) is 3.14. The average Bonchev–Trinajstić information content (AvgIpc) is 3.17. The number of carbonyl (C=O) groups is 2. The molecule has 2 aromatic rings. The molecule has 178 valence electrons. The zero-order valence-electron chi connectivity index (χ0n) is 18.0. The summed E-state index contributed by atoms with van der Waals surface area (Å²) in [7, 11) is -2.90. The highest BCUT2D eigenvalue weighted by molar-refractivity contribution is 7.89. The van der Waals surface area contributed by atoms with Crippen molar-refractivity contribution in [3.05, 3.63) is 58.1 Å². The number of amides is 1. The lowest BCUT2D eigenvalue weighted by Crippen LogP contribution is -2.58. The maximum atomic E-state index is 13.4.